The first-order chi connectivity index (χ1) is 13.8. The molecule has 156 valence electrons. The van der Waals surface area contributed by atoms with Gasteiger partial charge in [-0.1, -0.05) is 6.08 Å². The molecule has 1 saturated heterocycles. The molecule has 7 nitrogen and oxygen atoms in total. The van der Waals surface area contributed by atoms with E-state index in [1.165, 1.54) is 7.11 Å². The average Bonchev–Trinajstić information content (AvgIpc) is 3.04. The molecule has 1 unspecified atom stereocenters. The van der Waals surface area contributed by atoms with Crippen LogP contribution in [0.15, 0.2) is 40.1 Å². The fraction of sp³-hybridized carbons (Fsp3) is 0.429. The lowest BCUT2D eigenvalue weighted by atomic mass is 10.0. The second-order valence-electron chi connectivity index (χ2n) is 7.25. The van der Waals surface area contributed by atoms with Crippen LogP contribution in [0.25, 0.3) is 11.0 Å². The molecule has 0 spiro atoms. The molecule has 1 atom stereocenters. The molecule has 2 heterocycles. The number of nitrogens with zero attached hydrogens (tertiary/aromatic N) is 1. The Balaban J connectivity index is 1.80. The van der Waals surface area contributed by atoms with Crippen molar-refractivity contribution in [2.24, 2.45) is 0 Å². The molecule has 3 rings (SSSR count). The van der Waals surface area contributed by atoms with Gasteiger partial charge >= 0.3 is 5.63 Å². The molecule has 29 heavy (non-hydrogen) atoms. The van der Waals surface area contributed by atoms with E-state index in [1.54, 1.807) is 23.1 Å². The van der Waals surface area contributed by atoms with E-state index < -0.39 is 15.5 Å². The van der Waals surface area contributed by atoms with Gasteiger partial charge < -0.3 is 14.1 Å². The fourth-order valence-corrected chi connectivity index (χ4v) is 5.51. The third-order valence-electron chi connectivity index (χ3n) is 5.38. The topological polar surface area (TPSA) is 93.9 Å². The minimum absolute atomic E-state index is 0.0223. The molecular weight excluding hydrogens is 394 g/mol. The third kappa shape index (κ3) is 4.53. The number of fused-ring (bicyclic) bond motifs is 1. The van der Waals surface area contributed by atoms with E-state index >= 15 is 0 Å². The number of hydrogen-bond donors (Lipinski definition) is 0. The predicted molar refractivity (Wildman–Crippen MR) is 111 cm³/mol. The lowest BCUT2D eigenvalue weighted by Crippen LogP contribution is -2.41. The van der Waals surface area contributed by atoms with E-state index in [4.69, 9.17) is 9.15 Å². The molecule has 1 aliphatic heterocycles. The van der Waals surface area contributed by atoms with Gasteiger partial charge in [0.1, 0.15) is 11.3 Å². The molecule has 0 aliphatic carbocycles. The highest BCUT2D eigenvalue weighted by Crippen LogP contribution is 2.25. The predicted octanol–water partition coefficient (Wildman–Crippen LogP) is 2.24. The maximum absolute atomic E-state index is 12.8. The Hall–Kier alpha value is -2.61. The normalized spacial score (nSPS) is 17.9. The summed E-state index contributed by atoms with van der Waals surface area (Å²) in [6.07, 6.45) is 2.34. The van der Waals surface area contributed by atoms with E-state index in [9.17, 15) is 18.0 Å². The number of benzene rings is 1. The molecule has 1 aliphatic rings. The number of amides is 1. The SMILES string of the molecule is C=CCN(C(=O)CCc1c(C)c2ccc(OC)cc2oc1=O)C1CCS(=O)(=O)C1. The van der Waals surface area contributed by atoms with Crippen LogP contribution in [0.3, 0.4) is 0 Å². The first-order valence-electron chi connectivity index (χ1n) is 9.47. The Morgan fingerprint density at radius 1 is 1.41 bits per heavy atom. The van der Waals surface area contributed by atoms with Gasteiger partial charge in [-0.15, -0.1) is 6.58 Å². The maximum atomic E-state index is 12.8. The Kier molecular flexibility index (Phi) is 6.12. The van der Waals surface area contributed by atoms with Gasteiger partial charge in [-0.05, 0) is 37.5 Å². The summed E-state index contributed by atoms with van der Waals surface area (Å²) in [6.45, 7) is 5.78. The number of rotatable bonds is 7. The van der Waals surface area contributed by atoms with Crippen LogP contribution in [0.5, 0.6) is 5.75 Å². The van der Waals surface area contributed by atoms with Crippen molar-refractivity contribution in [1.29, 1.82) is 0 Å². The summed E-state index contributed by atoms with van der Waals surface area (Å²) in [5.41, 5.74) is 1.18. The number of carbonyl (C=O) groups is 1. The summed E-state index contributed by atoms with van der Waals surface area (Å²) < 4.78 is 34.2. The van der Waals surface area contributed by atoms with E-state index in [2.05, 4.69) is 6.58 Å². The van der Waals surface area contributed by atoms with Crippen LogP contribution in [0, 0.1) is 6.92 Å². The summed E-state index contributed by atoms with van der Waals surface area (Å²) in [6, 6.07) is 4.93. The molecule has 0 saturated carbocycles. The Bertz CT molecular complexity index is 1100. The Morgan fingerprint density at radius 3 is 2.79 bits per heavy atom. The van der Waals surface area contributed by atoms with Crippen molar-refractivity contribution in [1.82, 2.24) is 4.90 Å². The number of carbonyl (C=O) groups excluding carboxylic acids is 1. The largest absolute Gasteiger partial charge is 0.497 e. The van der Waals surface area contributed by atoms with Gasteiger partial charge in [0.25, 0.3) is 0 Å². The van der Waals surface area contributed by atoms with Crippen LogP contribution in [-0.4, -0.2) is 50.4 Å². The van der Waals surface area contributed by atoms with E-state index in [1.807, 2.05) is 13.0 Å². The molecule has 1 amide bonds. The maximum Gasteiger partial charge on any atom is 0.339 e. The first kappa shape index (κ1) is 21.1. The van der Waals surface area contributed by atoms with Crippen molar-refractivity contribution in [3.63, 3.8) is 0 Å². The third-order valence-corrected chi connectivity index (χ3v) is 7.13. The van der Waals surface area contributed by atoms with Gasteiger partial charge in [-0.25, -0.2) is 13.2 Å². The Labute approximate surface area is 169 Å². The fourth-order valence-electron chi connectivity index (χ4n) is 3.78. The highest BCUT2D eigenvalue weighted by molar-refractivity contribution is 7.91. The van der Waals surface area contributed by atoms with Crippen LogP contribution >= 0.6 is 0 Å². The minimum atomic E-state index is -3.11. The number of hydrogen-bond acceptors (Lipinski definition) is 6. The molecule has 0 N–H and O–H groups in total. The number of ether oxygens (including phenoxy) is 1. The van der Waals surface area contributed by atoms with Crippen LogP contribution in [0.2, 0.25) is 0 Å². The quantitative estimate of drug-likeness (QED) is 0.505. The highest BCUT2D eigenvalue weighted by atomic mass is 32.2. The molecule has 1 aromatic carbocycles. The molecule has 0 bridgehead atoms. The zero-order chi connectivity index (χ0) is 21.2. The smallest absolute Gasteiger partial charge is 0.339 e. The van der Waals surface area contributed by atoms with Gasteiger partial charge in [-0.3, -0.25) is 4.79 Å². The zero-order valence-electron chi connectivity index (χ0n) is 16.6. The van der Waals surface area contributed by atoms with Crippen LogP contribution in [0.4, 0.5) is 0 Å². The zero-order valence-corrected chi connectivity index (χ0v) is 17.5. The monoisotopic (exact) mass is 419 g/mol. The molecule has 1 aromatic heterocycles. The van der Waals surface area contributed by atoms with Crippen molar-refractivity contribution < 1.29 is 22.4 Å². The van der Waals surface area contributed by atoms with Gasteiger partial charge in [0.2, 0.25) is 5.91 Å². The lowest BCUT2D eigenvalue weighted by molar-refractivity contribution is -0.132. The van der Waals surface area contributed by atoms with Crippen molar-refractivity contribution in [2.45, 2.75) is 32.2 Å². The van der Waals surface area contributed by atoms with E-state index in [-0.39, 0.29) is 42.8 Å². The molecular formula is C21H25NO6S. The number of sulfone groups is 1. The van der Waals surface area contributed by atoms with Crippen molar-refractivity contribution in [3.8, 4) is 5.75 Å². The summed E-state index contributed by atoms with van der Waals surface area (Å²) in [5, 5.41) is 0.790. The standard InChI is InChI=1S/C21H25NO6S/c1-4-10-22(15-9-11-29(25,26)13-15)20(23)8-7-18-14(2)17-6-5-16(27-3)12-19(17)28-21(18)24/h4-6,12,15H,1,7-11,13H2,2-3H3. The van der Waals surface area contributed by atoms with Crippen LogP contribution < -0.4 is 10.4 Å². The van der Waals surface area contributed by atoms with E-state index in [0.29, 0.717) is 23.3 Å². The minimum Gasteiger partial charge on any atom is -0.497 e. The second-order valence-corrected chi connectivity index (χ2v) is 9.48. The van der Waals surface area contributed by atoms with Crippen LogP contribution in [0.1, 0.15) is 24.0 Å². The van der Waals surface area contributed by atoms with Crippen molar-refractivity contribution in [3.05, 3.63) is 52.4 Å². The van der Waals surface area contributed by atoms with Crippen molar-refractivity contribution in [2.75, 3.05) is 25.2 Å². The molecule has 8 heteroatoms. The van der Waals surface area contributed by atoms with Gasteiger partial charge in [0.05, 0.1) is 18.6 Å². The van der Waals surface area contributed by atoms with Gasteiger partial charge in [0, 0.05) is 36.0 Å². The molecule has 0 radical (unpaired) electrons. The van der Waals surface area contributed by atoms with Gasteiger partial charge in [0.15, 0.2) is 9.84 Å². The van der Waals surface area contributed by atoms with Crippen LogP contribution in [-0.2, 0) is 21.1 Å². The lowest BCUT2D eigenvalue weighted by Gasteiger charge is -2.27. The summed E-state index contributed by atoms with van der Waals surface area (Å²) in [4.78, 5) is 26.8. The highest BCUT2D eigenvalue weighted by Gasteiger charge is 2.34. The average molecular weight is 419 g/mol. The molecule has 1 fully saturated rings. The summed E-state index contributed by atoms with van der Waals surface area (Å²) in [5.74, 6) is 0.469. The van der Waals surface area contributed by atoms with E-state index in [0.717, 1.165) is 10.9 Å². The first-order valence-corrected chi connectivity index (χ1v) is 11.3. The summed E-state index contributed by atoms with van der Waals surface area (Å²) in [7, 11) is -1.57. The Morgan fingerprint density at radius 2 is 2.17 bits per heavy atom. The summed E-state index contributed by atoms with van der Waals surface area (Å²) >= 11 is 0. The molecule has 2 aromatic rings. The second kappa shape index (κ2) is 8.41. The number of aryl methyl sites for hydroxylation is 1. The number of methoxy groups -OCH3 is 1. The van der Waals surface area contributed by atoms with Crippen molar-refractivity contribution >= 4 is 26.7 Å². The van der Waals surface area contributed by atoms with Gasteiger partial charge in [-0.2, -0.15) is 0 Å².